The molecule has 0 radical (unpaired) electrons. The van der Waals surface area contributed by atoms with Gasteiger partial charge in [0.05, 0.1) is 30.0 Å². The van der Waals surface area contributed by atoms with Gasteiger partial charge in [0.1, 0.15) is 11.9 Å². The van der Waals surface area contributed by atoms with Crippen LogP contribution in [0.15, 0.2) is 60.9 Å². The second-order valence-corrected chi connectivity index (χ2v) is 5.93. The number of nitrogens with zero attached hydrogens (tertiary/aromatic N) is 4. The molecule has 1 fully saturated rings. The van der Waals surface area contributed by atoms with Crippen LogP contribution in [0.4, 0.5) is 5.95 Å². The Morgan fingerprint density at radius 1 is 1.00 bits per heavy atom. The zero-order valence-corrected chi connectivity index (χ0v) is 13.8. The maximum atomic E-state index is 10.9. The third kappa shape index (κ3) is 3.32. The van der Waals surface area contributed by atoms with Gasteiger partial charge in [0.25, 0.3) is 0 Å². The molecule has 0 amide bonds. The number of ether oxygens (including phenoxy) is 1. The summed E-state index contributed by atoms with van der Waals surface area (Å²) in [6.45, 7) is 1.35. The number of pyridine rings is 1. The van der Waals surface area contributed by atoms with Crippen molar-refractivity contribution in [3.63, 3.8) is 0 Å². The summed E-state index contributed by atoms with van der Waals surface area (Å²) in [7, 11) is 0. The van der Waals surface area contributed by atoms with Gasteiger partial charge in [-0.15, -0.1) is 0 Å². The highest BCUT2D eigenvalue weighted by atomic mass is 16.5. The number of aromatic carboxylic acids is 1. The van der Waals surface area contributed by atoms with Crippen molar-refractivity contribution < 1.29 is 14.6 Å². The van der Waals surface area contributed by atoms with Gasteiger partial charge in [-0.3, -0.25) is 4.98 Å². The predicted octanol–water partition coefficient (Wildman–Crippen LogP) is 2.50. The van der Waals surface area contributed by atoms with Gasteiger partial charge < -0.3 is 14.7 Å². The summed E-state index contributed by atoms with van der Waals surface area (Å²) in [5.74, 6) is 0.355. The van der Waals surface area contributed by atoms with Crippen molar-refractivity contribution in [1.82, 2.24) is 15.0 Å². The molecule has 1 aliphatic rings. The van der Waals surface area contributed by atoms with Crippen molar-refractivity contribution in [2.45, 2.75) is 6.10 Å². The van der Waals surface area contributed by atoms with Crippen LogP contribution in [0.25, 0.3) is 11.4 Å². The van der Waals surface area contributed by atoms with Gasteiger partial charge in [0, 0.05) is 12.4 Å². The van der Waals surface area contributed by atoms with Crippen molar-refractivity contribution >= 4 is 11.9 Å². The van der Waals surface area contributed by atoms with E-state index >= 15 is 0 Å². The number of carbonyl (C=O) groups is 1. The lowest BCUT2D eigenvalue weighted by Gasteiger charge is -2.38. The Kier molecular flexibility index (Phi) is 4.18. The summed E-state index contributed by atoms with van der Waals surface area (Å²) in [4.78, 5) is 26.1. The smallest absolute Gasteiger partial charge is 0.335 e. The Labute approximate surface area is 149 Å². The molecule has 1 saturated heterocycles. The molecule has 0 saturated carbocycles. The van der Waals surface area contributed by atoms with Crippen LogP contribution >= 0.6 is 0 Å². The van der Waals surface area contributed by atoms with E-state index in [0.29, 0.717) is 24.8 Å². The highest BCUT2D eigenvalue weighted by Gasteiger charge is 2.30. The summed E-state index contributed by atoms with van der Waals surface area (Å²) in [5.41, 5.74) is 1.83. The van der Waals surface area contributed by atoms with Crippen molar-refractivity contribution in [1.29, 1.82) is 0 Å². The molecular formula is C19H16N4O3. The topological polar surface area (TPSA) is 88.4 Å². The van der Waals surface area contributed by atoms with E-state index in [2.05, 4.69) is 15.0 Å². The SMILES string of the molecule is O=C(O)c1ccc(OC2CN(c3nccc(-c4ccccn4)n3)C2)cc1. The van der Waals surface area contributed by atoms with Crippen molar-refractivity contribution in [2.24, 2.45) is 0 Å². The molecule has 3 aromatic rings. The lowest BCUT2D eigenvalue weighted by Crippen LogP contribution is -2.54. The molecule has 0 aliphatic carbocycles. The Morgan fingerprint density at radius 2 is 1.81 bits per heavy atom. The van der Waals surface area contributed by atoms with Crippen LogP contribution in [0.1, 0.15) is 10.4 Å². The van der Waals surface area contributed by atoms with Gasteiger partial charge in [0.15, 0.2) is 0 Å². The van der Waals surface area contributed by atoms with Crippen LogP contribution in [0, 0.1) is 0 Å². The number of anilines is 1. The van der Waals surface area contributed by atoms with E-state index in [4.69, 9.17) is 9.84 Å². The minimum absolute atomic E-state index is 0.0211. The first-order valence-electron chi connectivity index (χ1n) is 8.18. The van der Waals surface area contributed by atoms with E-state index in [1.54, 1.807) is 24.5 Å². The predicted molar refractivity (Wildman–Crippen MR) is 95.3 cm³/mol. The lowest BCUT2D eigenvalue weighted by atomic mass is 10.1. The molecule has 0 atom stereocenters. The van der Waals surface area contributed by atoms with E-state index in [-0.39, 0.29) is 11.7 Å². The minimum atomic E-state index is -0.948. The number of hydrogen-bond donors (Lipinski definition) is 1. The molecule has 3 heterocycles. The van der Waals surface area contributed by atoms with E-state index < -0.39 is 5.97 Å². The van der Waals surface area contributed by atoms with Gasteiger partial charge in [-0.05, 0) is 42.5 Å². The Bertz CT molecular complexity index is 910. The largest absolute Gasteiger partial charge is 0.487 e. The molecule has 0 bridgehead atoms. The summed E-state index contributed by atoms with van der Waals surface area (Å²) in [6.07, 6.45) is 3.48. The van der Waals surface area contributed by atoms with Gasteiger partial charge in [-0.2, -0.15) is 0 Å². The summed E-state index contributed by atoms with van der Waals surface area (Å²) >= 11 is 0. The number of carboxylic acids is 1. The first-order valence-corrected chi connectivity index (χ1v) is 8.18. The number of rotatable bonds is 5. The van der Waals surface area contributed by atoms with Crippen LogP contribution in [0.5, 0.6) is 5.75 Å². The van der Waals surface area contributed by atoms with Crippen molar-refractivity contribution in [3.05, 3.63) is 66.5 Å². The molecule has 0 spiro atoms. The zero-order valence-electron chi connectivity index (χ0n) is 13.8. The number of aromatic nitrogens is 3. The van der Waals surface area contributed by atoms with Crippen LogP contribution in [0.2, 0.25) is 0 Å². The Hall–Kier alpha value is -3.48. The summed E-state index contributed by atoms with van der Waals surface area (Å²) < 4.78 is 5.85. The van der Waals surface area contributed by atoms with E-state index in [1.807, 2.05) is 29.2 Å². The molecule has 1 N–H and O–H groups in total. The fourth-order valence-corrected chi connectivity index (χ4v) is 2.70. The first-order chi connectivity index (χ1) is 12.7. The second kappa shape index (κ2) is 6.79. The van der Waals surface area contributed by atoms with Gasteiger partial charge in [-0.25, -0.2) is 14.8 Å². The average Bonchev–Trinajstić information content (AvgIpc) is 2.65. The van der Waals surface area contributed by atoms with E-state index in [9.17, 15) is 4.79 Å². The summed E-state index contributed by atoms with van der Waals surface area (Å²) in [6, 6.07) is 14.0. The minimum Gasteiger partial charge on any atom is -0.487 e. The lowest BCUT2D eigenvalue weighted by molar-refractivity contribution is 0.0697. The highest BCUT2D eigenvalue weighted by molar-refractivity contribution is 5.87. The van der Waals surface area contributed by atoms with Gasteiger partial charge in [0.2, 0.25) is 5.95 Å². The van der Waals surface area contributed by atoms with Crippen LogP contribution in [0.3, 0.4) is 0 Å². The van der Waals surface area contributed by atoms with Crippen LogP contribution in [-0.4, -0.2) is 45.2 Å². The molecule has 2 aromatic heterocycles. The maximum Gasteiger partial charge on any atom is 0.335 e. The fourth-order valence-electron chi connectivity index (χ4n) is 2.70. The fraction of sp³-hybridized carbons (Fsp3) is 0.158. The van der Waals surface area contributed by atoms with Crippen molar-refractivity contribution in [2.75, 3.05) is 18.0 Å². The normalized spacial score (nSPS) is 13.9. The molecule has 130 valence electrons. The first kappa shape index (κ1) is 16.0. The van der Waals surface area contributed by atoms with E-state index in [1.165, 1.54) is 12.1 Å². The van der Waals surface area contributed by atoms with E-state index in [0.717, 1.165) is 11.4 Å². The van der Waals surface area contributed by atoms with Crippen molar-refractivity contribution in [3.8, 4) is 17.1 Å². The second-order valence-electron chi connectivity index (χ2n) is 5.93. The van der Waals surface area contributed by atoms with Gasteiger partial charge in [-0.1, -0.05) is 6.07 Å². The zero-order chi connectivity index (χ0) is 17.9. The molecule has 1 aliphatic heterocycles. The molecular weight excluding hydrogens is 332 g/mol. The number of carboxylic acid groups (broad SMARTS) is 1. The standard InChI is InChI=1S/C19H16N4O3/c24-18(25)13-4-6-14(7-5-13)26-15-11-23(12-15)19-21-10-8-17(22-19)16-3-1-2-9-20-16/h1-10,15H,11-12H2,(H,24,25). The molecule has 1 aromatic carbocycles. The third-order valence-corrected chi connectivity index (χ3v) is 4.11. The molecule has 7 nitrogen and oxygen atoms in total. The average molecular weight is 348 g/mol. The molecule has 0 unspecified atom stereocenters. The molecule has 26 heavy (non-hydrogen) atoms. The van der Waals surface area contributed by atoms with Gasteiger partial charge >= 0.3 is 5.97 Å². The Balaban J connectivity index is 1.38. The molecule has 7 heteroatoms. The molecule has 4 rings (SSSR count). The highest BCUT2D eigenvalue weighted by Crippen LogP contribution is 2.23. The quantitative estimate of drug-likeness (QED) is 0.758. The number of hydrogen-bond acceptors (Lipinski definition) is 6. The monoisotopic (exact) mass is 348 g/mol. The third-order valence-electron chi connectivity index (χ3n) is 4.11. The van der Waals surface area contributed by atoms with Crippen LogP contribution < -0.4 is 9.64 Å². The maximum absolute atomic E-state index is 10.9. The number of benzene rings is 1. The Morgan fingerprint density at radius 3 is 2.50 bits per heavy atom. The van der Waals surface area contributed by atoms with Crippen LogP contribution in [-0.2, 0) is 0 Å². The summed E-state index contributed by atoms with van der Waals surface area (Å²) in [5, 5.41) is 8.91.